The fourth-order valence-corrected chi connectivity index (χ4v) is 6.63. The first-order valence-electron chi connectivity index (χ1n) is 14.2. The van der Waals surface area contributed by atoms with E-state index in [0.29, 0.717) is 12.5 Å². The molecule has 8 heteroatoms. The molecule has 0 radical (unpaired) electrons. The molecule has 1 saturated carbocycles. The van der Waals surface area contributed by atoms with Crippen molar-refractivity contribution >= 4 is 25.7 Å². The molecule has 1 aromatic carbocycles. The molecule has 0 unspecified atom stereocenters. The minimum Gasteiger partial charge on any atom is -0.415 e. The largest absolute Gasteiger partial charge is 0.415 e. The molecule has 1 fully saturated rings. The molecule has 0 bridgehead atoms. The lowest BCUT2D eigenvalue weighted by Gasteiger charge is -2.46. The number of fused-ring (bicyclic) bond motifs is 1. The number of amides is 1. The monoisotopic (exact) mass is 545 g/mol. The highest BCUT2D eigenvalue weighted by Crippen LogP contribution is 2.50. The van der Waals surface area contributed by atoms with Crippen LogP contribution in [-0.4, -0.2) is 41.6 Å². The van der Waals surface area contributed by atoms with Crippen molar-refractivity contribution in [2.75, 3.05) is 16.8 Å². The summed E-state index contributed by atoms with van der Waals surface area (Å²) in [7, 11) is -1.79. The molecule has 3 heterocycles. The Labute approximate surface area is 234 Å². The third-order valence-corrected chi connectivity index (χ3v) is 13.5. The van der Waals surface area contributed by atoms with Gasteiger partial charge in [-0.15, -0.1) is 0 Å². The van der Waals surface area contributed by atoms with Gasteiger partial charge in [0.25, 0.3) is 0 Å². The van der Waals surface area contributed by atoms with E-state index in [4.69, 9.17) is 4.43 Å². The highest BCUT2D eigenvalue weighted by atomic mass is 28.4. The van der Waals surface area contributed by atoms with Gasteiger partial charge < -0.3 is 14.6 Å². The number of pyridine rings is 1. The lowest BCUT2D eigenvalue weighted by molar-refractivity contribution is -0.117. The molecule has 1 aliphatic heterocycles. The Bertz CT molecular complexity index is 1310. The third kappa shape index (κ3) is 5.68. The van der Waals surface area contributed by atoms with Crippen LogP contribution in [0.3, 0.4) is 0 Å². The van der Waals surface area contributed by atoms with Crippen LogP contribution in [-0.2, 0) is 15.8 Å². The zero-order chi connectivity index (χ0) is 27.9. The average molecular weight is 546 g/mol. The highest BCUT2D eigenvalue weighted by Gasteiger charge is 2.47. The van der Waals surface area contributed by atoms with Gasteiger partial charge in [-0.2, -0.15) is 5.10 Å². The van der Waals surface area contributed by atoms with Gasteiger partial charge in [-0.05, 0) is 72.3 Å². The maximum atomic E-state index is 13.0. The first-order chi connectivity index (χ1) is 18.5. The summed E-state index contributed by atoms with van der Waals surface area (Å²) in [5, 5.41) is 8.54. The first kappa shape index (κ1) is 27.6. The fraction of sp³-hybridized carbons (Fsp3) is 0.516. The van der Waals surface area contributed by atoms with E-state index in [2.05, 4.69) is 85.5 Å². The van der Waals surface area contributed by atoms with Gasteiger partial charge in [-0.1, -0.05) is 39.8 Å². The van der Waals surface area contributed by atoms with Crippen molar-refractivity contribution in [2.24, 2.45) is 11.8 Å². The molecule has 1 N–H and O–H groups in total. The van der Waals surface area contributed by atoms with Gasteiger partial charge in [0.05, 0.1) is 25.4 Å². The summed E-state index contributed by atoms with van der Waals surface area (Å²) in [6.07, 6.45) is 8.20. The molecule has 2 aliphatic rings. The number of aromatic nitrogens is 3. The second kappa shape index (κ2) is 10.5. The van der Waals surface area contributed by atoms with Crippen LogP contribution in [0.1, 0.15) is 59.1 Å². The van der Waals surface area contributed by atoms with Crippen molar-refractivity contribution in [2.45, 2.75) is 84.2 Å². The first-order valence-corrected chi connectivity index (χ1v) is 17.2. The van der Waals surface area contributed by atoms with Crippen LogP contribution in [0.25, 0.3) is 11.1 Å². The number of benzene rings is 1. The van der Waals surface area contributed by atoms with E-state index in [-0.39, 0.29) is 28.9 Å². The molecule has 1 aliphatic carbocycles. The lowest BCUT2D eigenvalue weighted by atomic mass is 9.79. The average Bonchev–Trinajstić information content (AvgIpc) is 3.61. The van der Waals surface area contributed by atoms with Crippen molar-refractivity contribution in [3.63, 3.8) is 0 Å². The van der Waals surface area contributed by atoms with Gasteiger partial charge in [-0.3, -0.25) is 9.48 Å². The quantitative estimate of drug-likeness (QED) is 0.312. The minimum atomic E-state index is -1.79. The van der Waals surface area contributed by atoms with Crippen LogP contribution in [0.2, 0.25) is 18.1 Å². The normalized spacial score (nSPS) is 21.5. The van der Waals surface area contributed by atoms with E-state index in [0.717, 1.165) is 34.7 Å². The molecule has 3 atom stereocenters. The molecule has 5 rings (SSSR count). The van der Waals surface area contributed by atoms with Crippen molar-refractivity contribution in [3.8, 4) is 11.1 Å². The van der Waals surface area contributed by atoms with E-state index < -0.39 is 8.32 Å². The zero-order valence-corrected chi connectivity index (χ0v) is 25.4. The Morgan fingerprint density at radius 3 is 2.56 bits per heavy atom. The van der Waals surface area contributed by atoms with E-state index in [9.17, 15) is 4.79 Å². The molecule has 208 valence electrons. The van der Waals surface area contributed by atoms with E-state index in [1.807, 2.05) is 35.3 Å². The molecular weight excluding hydrogens is 502 g/mol. The summed E-state index contributed by atoms with van der Waals surface area (Å²) in [6, 6.07) is 12.7. The Hall–Kier alpha value is -2.97. The van der Waals surface area contributed by atoms with Gasteiger partial charge in [0, 0.05) is 42.5 Å². The Kier molecular flexibility index (Phi) is 7.46. The maximum absolute atomic E-state index is 13.0. The van der Waals surface area contributed by atoms with E-state index in [1.54, 1.807) is 6.92 Å². The van der Waals surface area contributed by atoms with Crippen LogP contribution in [0.15, 0.2) is 55.0 Å². The van der Waals surface area contributed by atoms with Crippen molar-refractivity contribution in [3.05, 3.63) is 60.6 Å². The number of nitrogens with one attached hydrogen (secondary N) is 1. The van der Waals surface area contributed by atoms with Crippen LogP contribution in [0.5, 0.6) is 0 Å². The number of carbonyl (C=O) groups excluding carboxylic acids is 1. The number of anilines is 2. The Balaban J connectivity index is 1.43. The van der Waals surface area contributed by atoms with Gasteiger partial charge in [0.2, 0.25) is 5.91 Å². The molecular formula is C31H43N5O2Si. The standard InChI is InChI=1S/C31H43N5O2Si/c1-21-29(34-28-10-8-9-15-32-28)26-18-24(13-14-27(26)36(22(2)37)30(21)23-11-12-23)25-19-33-35(20-25)16-17-38-39(6,7)31(3,4)5/h8-10,13-15,18-21,23,29-30H,11-12,16-17H2,1-7H3,(H,32,34)/t21-,29-,30-/m1/s1. The molecule has 0 saturated heterocycles. The predicted octanol–water partition coefficient (Wildman–Crippen LogP) is 6.90. The summed E-state index contributed by atoms with van der Waals surface area (Å²) in [5.74, 6) is 1.75. The van der Waals surface area contributed by atoms with Gasteiger partial charge in [-0.25, -0.2) is 4.98 Å². The lowest BCUT2D eigenvalue weighted by Crippen LogP contribution is -2.51. The molecule has 3 aromatic rings. The molecule has 2 aromatic heterocycles. The van der Waals surface area contributed by atoms with Crippen LogP contribution >= 0.6 is 0 Å². The third-order valence-electron chi connectivity index (χ3n) is 8.95. The molecule has 0 spiro atoms. The predicted molar refractivity (Wildman–Crippen MR) is 160 cm³/mol. The molecule has 39 heavy (non-hydrogen) atoms. The number of carbonyl (C=O) groups is 1. The van der Waals surface area contributed by atoms with Gasteiger partial charge in [0.15, 0.2) is 8.32 Å². The highest BCUT2D eigenvalue weighted by molar-refractivity contribution is 6.74. The van der Waals surface area contributed by atoms with Crippen LogP contribution in [0, 0.1) is 11.8 Å². The number of hydrogen-bond donors (Lipinski definition) is 1. The van der Waals surface area contributed by atoms with Crippen molar-refractivity contribution < 1.29 is 9.22 Å². The van der Waals surface area contributed by atoms with Crippen molar-refractivity contribution in [1.82, 2.24) is 14.8 Å². The van der Waals surface area contributed by atoms with E-state index in [1.165, 1.54) is 12.8 Å². The number of nitrogens with zero attached hydrogens (tertiary/aromatic N) is 4. The Morgan fingerprint density at radius 1 is 1.15 bits per heavy atom. The van der Waals surface area contributed by atoms with Gasteiger partial charge >= 0.3 is 0 Å². The summed E-state index contributed by atoms with van der Waals surface area (Å²) in [4.78, 5) is 19.6. The van der Waals surface area contributed by atoms with Crippen LogP contribution in [0.4, 0.5) is 11.5 Å². The minimum absolute atomic E-state index is 0.0454. The maximum Gasteiger partial charge on any atom is 0.224 e. The summed E-state index contributed by atoms with van der Waals surface area (Å²) in [6.45, 7) is 16.7. The topological polar surface area (TPSA) is 72.3 Å². The Morgan fingerprint density at radius 2 is 1.92 bits per heavy atom. The zero-order valence-electron chi connectivity index (χ0n) is 24.4. The van der Waals surface area contributed by atoms with E-state index >= 15 is 0 Å². The summed E-state index contributed by atoms with van der Waals surface area (Å²) >= 11 is 0. The number of hydrogen-bond acceptors (Lipinski definition) is 5. The molecule has 1 amide bonds. The van der Waals surface area contributed by atoms with Gasteiger partial charge in [0.1, 0.15) is 5.82 Å². The second-order valence-electron chi connectivity index (χ2n) is 12.8. The second-order valence-corrected chi connectivity index (χ2v) is 17.6. The molecule has 7 nitrogen and oxygen atoms in total. The fourth-order valence-electron chi connectivity index (χ4n) is 5.60. The smallest absolute Gasteiger partial charge is 0.224 e. The van der Waals surface area contributed by atoms with Crippen LogP contribution < -0.4 is 10.2 Å². The summed E-state index contributed by atoms with van der Waals surface area (Å²) < 4.78 is 8.34. The number of rotatable bonds is 8. The summed E-state index contributed by atoms with van der Waals surface area (Å²) in [5.41, 5.74) is 4.29. The van der Waals surface area contributed by atoms with Crippen molar-refractivity contribution in [1.29, 1.82) is 0 Å². The SMILES string of the molecule is CC(=O)N1c2ccc(-c3cnn(CCO[Si](C)(C)C(C)(C)C)c3)cc2[C@H](Nc2ccccn2)[C@@H](C)[C@@H]1C1CC1.